The minimum atomic E-state index is -0.881. The molecule has 1 spiro atoms. The Balaban J connectivity index is 1.82. The fourth-order valence-corrected chi connectivity index (χ4v) is 3.98. The van der Waals surface area contributed by atoms with Crippen LogP contribution in [0.5, 0.6) is 0 Å². The summed E-state index contributed by atoms with van der Waals surface area (Å²) in [5, 5.41) is 0.518. The first kappa shape index (κ1) is 15.6. The fourth-order valence-electron chi connectivity index (χ4n) is 3.44. The van der Waals surface area contributed by atoms with E-state index in [1.54, 1.807) is 6.08 Å². The first-order chi connectivity index (χ1) is 11.6. The molecule has 120 valence electrons. The van der Waals surface area contributed by atoms with E-state index < -0.39 is 5.60 Å². The van der Waals surface area contributed by atoms with Gasteiger partial charge >= 0.3 is 0 Å². The molecule has 0 amide bonds. The van der Waals surface area contributed by atoms with Crippen molar-refractivity contribution in [2.45, 2.75) is 17.6 Å². The molecule has 4 rings (SSSR count). The summed E-state index contributed by atoms with van der Waals surface area (Å²) in [6, 6.07) is 20.0. The second-order valence-corrected chi connectivity index (χ2v) is 6.79. The second-order valence-electron chi connectivity index (χ2n) is 5.98. The lowest BCUT2D eigenvalue weighted by atomic mass is 9.69. The van der Waals surface area contributed by atoms with Gasteiger partial charge in [0, 0.05) is 6.08 Å². The summed E-state index contributed by atoms with van der Waals surface area (Å²) in [4.78, 5) is 11.8. The van der Waals surface area contributed by atoms with E-state index in [1.165, 1.54) is 6.08 Å². The maximum Gasteiger partial charge on any atom is 0.198 e. The van der Waals surface area contributed by atoms with Crippen molar-refractivity contribution in [2.24, 2.45) is 0 Å². The van der Waals surface area contributed by atoms with Gasteiger partial charge in [-0.2, -0.15) is 0 Å². The molecule has 1 aliphatic carbocycles. The molecule has 0 bridgehead atoms. The third kappa shape index (κ3) is 2.34. The highest BCUT2D eigenvalue weighted by atomic mass is 35.5. The molecule has 2 aliphatic rings. The molecule has 4 heteroatoms. The smallest absolute Gasteiger partial charge is 0.198 e. The second kappa shape index (κ2) is 5.89. The minimum Gasteiger partial charge on any atom is -0.356 e. The number of rotatable bonds is 2. The van der Waals surface area contributed by atoms with Crippen molar-refractivity contribution in [3.05, 3.63) is 94.0 Å². The van der Waals surface area contributed by atoms with Crippen LogP contribution in [0.25, 0.3) is 0 Å². The number of halogens is 2. The van der Waals surface area contributed by atoms with Crippen LogP contribution < -0.4 is 0 Å². The molecule has 0 saturated carbocycles. The predicted molar refractivity (Wildman–Crippen MR) is 95.1 cm³/mol. The molecule has 24 heavy (non-hydrogen) atoms. The van der Waals surface area contributed by atoms with Crippen molar-refractivity contribution >= 4 is 29.0 Å². The number of carbonyl (C=O) groups excluding carboxylic acids is 1. The van der Waals surface area contributed by atoms with E-state index in [1.807, 2.05) is 60.7 Å². The zero-order valence-electron chi connectivity index (χ0n) is 12.7. The van der Waals surface area contributed by atoms with Gasteiger partial charge in [-0.1, -0.05) is 83.9 Å². The lowest BCUT2D eigenvalue weighted by Crippen LogP contribution is -2.54. The molecule has 2 aromatic carbocycles. The van der Waals surface area contributed by atoms with Gasteiger partial charge in [0.2, 0.25) is 0 Å². The van der Waals surface area contributed by atoms with E-state index >= 15 is 0 Å². The van der Waals surface area contributed by atoms with Crippen LogP contribution in [0.4, 0.5) is 0 Å². The van der Waals surface area contributed by atoms with E-state index in [0.717, 1.165) is 11.1 Å². The molecule has 2 nitrogen and oxygen atoms in total. The summed E-state index contributed by atoms with van der Waals surface area (Å²) in [6.45, 7) is 0. The Labute approximate surface area is 150 Å². The zero-order valence-corrected chi connectivity index (χ0v) is 14.2. The molecule has 1 fully saturated rings. The topological polar surface area (TPSA) is 26.3 Å². The van der Waals surface area contributed by atoms with Crippen molar-refractivity contribution < 1.29 is 9.53 Å². The van der Waals surface area contributed by atoms with Crippen molar-refractivity contribution in [2.75, 3.05) is 0 Å². The fraction of sp³-hybridized carbons (Fsp3) is 0.150. The first-order valence-electron chi connectivity index (χ1n) is 7.70. The van der Waals surface area contributed by atoms with Gasteiger partial charge in [-0.25, -0.2) is 0 Å². The summed E-state index contributed by atoms with van der Waals surface area (Å²) in [5.41, 5.74) is 1.29. The third-order valence-electron chi connectivity index (χ3n) is 4.58. The van der Waals surface area contributed by atoms with Crippen molar-refractivity contribution in [1.29, 1.82) is 0 Å². The van der Waals surface area contributed by atoms with Gasteiger partial charge in [0.05, 0.1) is 22.1 Å². The Bertz CT molecular complexity index is 842. The molecule has 0 aromatic heterocycles. The van der Waals surface area contributed by atoms with Gasteiger partial charge in [0.15, 0.2) is 5.78 Å². The van der Waals surface area contributed by atoms with Crippen LogP contribution in [0, 0.1) is 0 Å². The van der Waals surface area contributed by atoms with Gasteiger partial charge in [0.1, 0.15) is 5.60 Å². The lowest BCUT2D eigenvalue weighted by molar-refractivity contribution is -0.180. The quantitative estimate of drug-likeness (QED) is 0.747. The predicted octanol–water partition coefficient (Wildman–Crippen LogP) is 5.11. The van der Waals surface area contributed by atoms with Gasteiger partial charge in [-0.3, -0.25) is 4.79 Å². The zero-order chi connectivity index (χ0) is 16.7. The SMILES string of the molecule is O=C1C=C(Cl)C2(C=C1Cl)O[C@@H](c1ccccc1)[C@@H]2c1ccccc1. The van der Waals surface area contributed by atoms with Crippen LogP contribution in [0.1, 0.15) is 23.1 Å². The summed E-state index contributed by atoms with van der Waals surface area (Å²) >= 11 is 12.5. The Morgan fingerprint density at radius 2 is 1.46 bits per heavy atom. The Hall–Kier alpha value is -1.87. The summed E-state index contributed by atoms with van der Waals surface area (Å²) in [5.74, 6) is -0.336. The number of hydrogen-bond acceptors (Lipinski definition) is 2. The van der Waals surface area contributed by atoms with Gasteiger partial charge in [-0.15, -0.1) is 0 Å². The molecule has 1 aliphatic heterocycles. The van der Waals surface area contributed by atoms with Crippen LogP contribution in [0.3, 0.4) is 0 Å². The van der Waals surface area contributed by atoms with Crippen molar-refractivity contribution in [1.82, 2.24) is 0 Å². The van der Waals surface area contributed by atoms with E-state index in [4.69, 9.17) is 27.9 Å². The number of carbonyl (C=O) groups is 1. The summed E-state index contributed by atoms with van der Waals surface area (Å²) in [6.07, 6.45) is 2.86. The number of allylic oxidation sites excluding steroid dienone is 2. The molecule has 3 atom stereocenters. The van der Waals surface area contributed by atoms with Crippen molar-refractivity contribution in [3.8, 4) is 0 Å². The summed E-state index contributed by atoms with van der Waals surface area (Å²) in [7, 11) is 0. The maximum atomic E-state index is 11.8. The monoisotopic (exact) mass is 356 g/mol. The van der Waals surface area contributed by atoms with E-state index in [2.05, 4.69) is 0 Å². The van der Waals surface area contributed by atoms with Gasteiger partial charge in [0.25, 0.3) is 0 Å². The number of benzene rings is 2. The Morgan fingerprint density at radius 1 is 0.875 bits per heavy atom. The highest BCUT2D eigenvalue weighted by Gasteiger charge is 2.58. The molecular formula is C20H14Cl2O2. The average molecular weight is 357 g/mol. The molecule has 0 radical (unpaired) electrons. The van der Waals surface area contributed by atoms with Gasteiger partial charge in [-0.05, 0) is 17.2 Å². The largest absolute Gasteiger partial charge is 0.356 e. The first-order valence-corrected chi connectivity index (χ1v) is 8.45. The Kier molecular flexibility index (Phi) is 3.84. The third-order valence-corrected chi connectivity index (χ3v) is 5.28. The molecule has 1 heterocycles. The molecule has 0 N–H and O–H groups in total. The van der Waals surface area contributed by atoms with Crippen LogP contribution in [-0.4, -0.2) is 11.4 Å². The molecule has 1 saturated heterocycles. The van der Waals surface area contributed by atoms with E-state index in [-0.39, 0.29) is 22.8 Å². The van der Waals surface area contributed by atoms with Crippen LogP contribution in [-0.2, 0) is 9.53 Å². The van der Waals surface area contributed by atoms with E-state index in [9.17, 15) is 4.79 Å². The van der Waals surface area contributed by atoms with Crippen molar-refractivity contribution in [3.63, 3.8) is 0 Å². The summed E-state index contributed by atoms with van der Waals surface area (Å²) < 4.78 is 6.24. The average Bonchev–Trinajstić information content (AvgIpc) is 2.58. The lowest BCUT2D eigenvalue weighted by Gasteiger charge is -2.54. The number of ether oxygens (including phenoxy) is 1. The molecule has 2 aromatic rings. The molecular weight excluding hydrogens is 343 g/mol. The standard InChI is InChI=1S/C20H14Cl2O2/c21-15-12-20(17(22)11-16(15)23)18(13-7-3-1-4-8-13)19(24-20)14-9-5-2-6-10-14/h1-12,18-19H/t18-,19-,20?/m0/s1. The van der Waals surface area contributed by atoms with Crippen LogP contribution in [0.2, 0.25) is 0 Å². The van der Waals surface area contributed by atoms with Crippen LogP contribution >= 0.6 is 23.2 Å². The number of ketones is 1. The maximum absolute atomic E-state index is 11.8. The number of hydrogen-bond donors (Lipinski definition) is 0. The normalized spacial score (nSPS) is 29.0. The van der Waals surface area contributed by atoms with Gasteiger partial charge < -0.3 is 4.74 Å². The highest BCUT2D eigenvalue weighted by molar-refractivity contribution is 6.46. The van der Waals surface area contributed by atoms with E-state index in [0.29, 0.717) is 5.03 Å². The molecule has 1 unspecified atom stereocenters. The minimum absolute atomic E-state index is 0.0494. The van der Waals surface area contributed by atoms with Crippen LogP contribution in [0.15, 0.2) is 82.9 Å². The Morgan fingerprint density at radius 3 is 2.08 bits per heavy atom. The highest BCUT2D eigenvalue weighted by Crippen LogP contribution is 2.60.